The van der Waals surface area contributed by atoms with Crippen LogP contribution in [0.3, 0.4) is 0 Å². The first kappa shape index (κ1) is 25.9. The van der Waals surface area contributed by atoms with Crippen molar-refractivity contribution >= 4 is 29.2 Å². The van der Waals surface area contributed by atoms with E-state index in [0.717, 1.165) is 16.7 Å². The maximum Gasteiger partial charge on any atom is 0.255 e. The van der Waals surface area contributed by atoms with Gasteiger partial charge >= 0.3 is 0 Å². The molecule has 41 heavy (non-hydrogen) atoms. The second-order valence-corrected chi connectivity index (χ2v) is 10.0. The molecule has 0 spiro atoms. The highest BCUT2D eigenvalue weighted by Crippen LogP contribution is 2.33. The van der Waals surface area contributed by atoms with Gasteiger partial charge in [-0.1, -0.05) is 67.2 Å². The average molecular weight is 545 g/mol. The van der Waals surface area contributed by atoms with Crippen molar-refractivity contribution in [3.8, 4) is 22.5 Å². The van der Waals surface area contributed by atoms with Gasteiger partial charge in [0.15, 0.2) is 5.82 Å². The molecule has 0 aliphatic carbocycles. The number of allylic oxidation sites excluding steroid dienone is 1. The van der Waals surface area contributed by atoms with E-state index in [1.165, 1.54) is 0 Å². The Kier molecular flexibility index (Phi) is 6.99. The standard InChI is InChI=1S/C32H28N6O3/c1-20-10-15-27(31(40)35-20)38-19-25-24(32(38)41)8-5-9-26(25)36-29(39)18-34-28-16-17-33-30(37-28)23-13-11-22(12-14-23)21-6-3-2-4-7-21/h2-9,11-14,16-17,27H,1,10,15,18-19H2,(H,35,40)(H,36,39)(H,33,34,37). The molecule has 1 atom stereocenters. The number of nitrogens with zero attached hydrogens (tertiary/aromatic N) is 3. The maximum absolute atomic E-state index is 13.1. The van der Waals surface area contributed by atoms with Crippen LogP contribution in [0.4, 0.5) is 11.5 Å². The van der Waals surface area contributed by atoms with E-state index in [2.05, 4.69) is 44.6 Å². The first-order valence-electron chi connectivity index (χ1n) is 13.4. The topological polar surface area (TPSA) is 116 Å². The summed E-state index contributed by atoms with van der Waals surface area (Å²) in [6, 6.07) is 24.5. The molecule has 3 aromatic carbocycles. The van der Waals surface area contributed by atoms with E-state index < -0.39 is 6.04 Å². The summed E-state index contributed by atoms with van der Waals surface area (Å²) in [5.41, 5.74) is 5.50. The molecule has 1 saturated heterocycles. The molecule has 0 saturated carbocycles. The van der Waals surface area contributed by atoms with Gasteiger partial charge < -0.3 is 20.9 Å². The van der Waals surface area contributed by atoms with Gasteiger partial charge in [-0.3, -0.25) is 14.4 Å². The van der Waals surface area contributed by atoms with E-state index in [1.54, 1.807) is 35.4 Å². The van der Waals surface area contributed by atoms with Crippen LogP contribution in [0.2, 0.25) is 0 Å². The fraction of sp³-hybridized carbons (Fsp3) is 0.156. The Morgan fingerprint density at radius 1 is 0.951 bits per heavy atom. The lowest BCUT2D eigenvalue weighted by Crippen LogP contribution is -2.49. The van der Waals surface area contributed by atoms with Crippen molar-refractivity contribution in [1.82, 2.24) is 20.2 Å². The van der Waals surface area contributed by atoms with Gasteiger partial charge in [-0.2, -0.15) is 0 Å². The molecule has 1 unspecified atom stereocenters. The number of carbonyl (C=O) groups is 3. The summed E-state index contributed by atoms with van der Waals surface area (Å²) in [7, 11) is 0. The lowest BCUT2D eigenvalue weighted by molar-refractivity contribution is -0.126. The van der Waals surface area contributed by atoms with Crippen molar-refractivity contribution in [3.63, 3.8) is 0 Å². The largest absolute Gasteiger partial charge is 0.361 e. The first-order chi connectivity index (χ1) is 20.0. The van der Waals surface area contributed by atoms with E-state index in [-0.39, 0.29) is 30.8 Å². The first-order valence-corrected chi connectivity index (χ1v) is 13.4. The number of rotatable bonds is 7. The molecule has 9 nitrogen and oxygen atoms in total. The summed E-state index contributed by atoms with van der Waals surface area (Å²) in [6.07, 6.45) is 2.79. The molecule has 0 radical (unpaired) electrons. The van der Waals surface area contributed by atoms with Crippen molar-refractivity contribution in [1.29, 1.82) is 0 Å². The lowest BCUT2D eigenvalue weighted by atomic mass is 10.0. The van der Waals surface area contributed by atoms with E-state index in [1.807, 2.05) is 42.5 Å². The monoisotopic (exact) mass is 544 g/mol. The summed E-state index contributed by atoms with van der Waals surface area (Å²) in [4.78, 5) is 49.0. The van der Waals surface area contributed by atoms with Gasteiger partial charge in [0, 0.05) is 40.8 Å². The van der Waals surface area contributed by atoms with Gasteiger partial charge in [0.1, 0.15) is 11.9 Å². The second kappa shape index (κ2) is 11.1. The zero-order chi connectivity index (χ0) is 28.3. The Balaban J connectivity index is 1.10. The van der Waals surface area contributed by atoms with Crippen LogP contribution in [0.25, 0.3) is 22.5 Å². The summed E-state index contributed by atoms with van der Waals surface area (Å²) >= 11 is 0. The van der Waals surface area contributed by atoms with E-state index in [9.17, 15) is 14.4 Å². The van der Waals surface area contributed by atoms with Gasteiger partial charge in [-0.25, -0.2) is 9.97 Å². The number of anilines is 2. The van der Waals surface area contributed by atoms with Crippen molar-refractivity contribution < 1.29 is 14.4 Å². The molecular formula is C32H28N6O3. The van der Waals surface area contributed by atoms with E-state index in [0.29, 0.717) is 47.0 Å². The second-order valence-electron chi connectivity index (χ2n) is 10.0. The molecule has 9 heteroatoms. The molecule has 3 N–H and O–H groups in total. The summed E-state index contributed by atoms with van der Waals surface area (Å²) in [5.74, 6) is 0.329. The van der Waals surface area contributed by atoms with Crippen LogP contribution in [-0.4, -0.2) is 45.2 Å². The fourth-order valence-corrected chi connectivity index (χ4v) is 5.19. The third-order valence-electron chi connectivity index (χ3n) is 7.30. The Morgan fingerprint density at radius 3 is 2.49 bits per heavy atom. The third-order valence-corrected chi connectivity index (χ3v) is 7.30. The van der Waals surface area contributed by atoms with Crippen LogP contribution in [0.5, 0.6) is 0 Å². The highest BCUT2D eigenvalue weighted by atomic mass is 16.2. The number of fused-ring (bicyclic) bond motifs is 1. The van der Waals surface area contributed by atoms with Crippen LogP contribution in [0, 0.1) is 0 Å². The van der Waals surface area contributed by atoms with Crippen LogP contribution < -0.4 is 16.0 Å². The Bertz CT molecular complexity index is 1650. The molecule has 1 fully saturated rings. The molecule has 6 rings (SSSR count). The van der Waals surface area contributed by atoms with Gasteiger partial charge in [0.2, 0.25) is 11.8 Å². The number of hydrogen-bond acceptors (Lipinski definition) is 6. The quantitative estimate of drug-likeness (QED) is 0.313. The molecule has 204 valence electrons. The summed E-state index contributed by atoms with van der Waals surface area (Å²) < 4.78 is 0. The van der Waals surface area contributed by atoms with E-state index >= 15 is 0 Å². The van der Waals surface area contributed by atoms with Gasteiger partial charge in [-0.15, -0.1) is 0 Å². The number of piperidine rings is 1. The number of hydrogen-bond donors (Lipinski definition) is 3. The van der Waals surface area contributed by atoms with Crippen LogP contribution >= 0.6 is 0 Å². The Morgan fingerprint density at radius 2 is 1.71 bits per heavy atom. The minimum atomic E-state index is -0.563. The SMILES string of the molecule is C=C1CCC(N2Cc3c(NC(=O)CNc4ccnc(-c5ccc(-c6ccccc6)cc5)n4)cccc3C2=O)C(=O)N1. The molecule has 3 heterocycles. The van der Waals surface area contributed by atoms with Crippen molar-refractivity contribution in [2.45, 2.75) is 25.4 Å². The number of carbonyl (C=O) groups excluding carboxylic acids is 3. The molecular weight excluding hydrogens is 516 g/mol. The van der Waals surface area contributed by atoms with Crippen molar-refractivity contribution in [2.24, 2.45) is 0 Å². The molecule has 1 aromatic heterocycles. The Hall–Kier alpha value is -5.31. The van der Waals surface area contributed by atoms with Crippen LogP contribution in [0.1, 0.15) is 28.8 Å². The number of benzene rings is 3. The summed E-state index contributed by atoms with van der Waals surface area (Å²) in [6.45, 7) is 4.03. The lowest BCUT2D eigenvalue weighted by Gasteiger charge is -2.31. The van der Waals surface area contributed by atoms with Gasteiger partial charge in [-0.05, 0) is 42.2 Å². The summed E-state index contributed by atoms with van der Waals surface area (Å²) in [5, 5.41) is 8.70. The molecule has 4 aromatic rings. The molecule has 0 bridgehead atoms. The van der Waals surface area contributed by atoms with Crippen molar-refractivity contribution in [3.05, 3.63) is 108 Å². The molecule has 2 aliphatic rings. The number of amides is 3. The maximum atomic E-state index is 13.1. The zero-order valence-electron chi connectivity index (χ0n) is 22.3. The predicted molar refractivity (Wildman–Crippen MR) is 157 cm³/mol. The smallest absolute Gasteiger partial charge is 0.255 e. The molecule has 2 aliphatic heterocycles. The molecule has 3 amide bonds. The average Bonchev–Trinajstić information content (AvgIpc) is 3.33. The van der Waals surface area contributed by atoms with Crippen molar-refractivity contribution in [2.75, 3.05) is 17.2 Å². The third kappa shape index (κ3) is 5.42. The minimum Gasteiger partial charge on any atom is -0.361 e. The Labute approximate surface area is 237 Å². The van der Waals surface area contributed by atoms with Gasteiger partial charge in [0.05, 0.1) is 6.54 Å². The van der Waals surface area contributed by atoms with Crippen LogP contribution in [-0.2, 0) is 16.1 Å². The van der Waals surface area contributed by atoms with E-state index in [4.69, 9.17) is 0 Å². The van der Waals surface area contributed by atoms with Crippen LogP contribution in [0.15, 0.2) is 97.3 Å². The zero-order valence-corrected chi connectivity index (χ0v) is 22.3. The predicted octanol–water partition coefficient (Wildman–Crippen LogP) is 4.61. The fourth-order valence-electron chi connectivity index (χ4n) is 5.19. The highest BCUT2D eigenvalue weighted by Gasteiger charge is 2.39. The highest BCUT2D eigenvalue weighted by molar-refractivity contribution is 6.04. The normalized spacial score (nSPS) is 16.2. The minimum absolute atomic E-state index is 0.0299. The number of nitrogens with one attached hydrogen (secondary N) is 3. The number of aromatic nitrogens is 2. The van der Waals surface area contributed by atoms with Gasteiger partial charge in [0.25, 0.3) is 5.91 Å².